The van der Waals surface area contributed by atoms with Crippen LogP contribution in [0.3, 0.4) is 0 Å². The van der Waals surface area contributed by atoms with E-state index in [1.807, 2.05) is 18.3 Å². The summed E-state index contributed by atoms with van der Waals surface area (Å²) >= 11 is 6.15. The van der Waals surface area contributed by atoms with E-state index in [1.165, 1.54) is 0 Å². The Morgan fingerprint density at radius 1 is 1.47 bits per heavy atom. The molecule has 2 rings (SSSR count). The number of rotatable bonds is 3. The molecule has 0 aliphatic heterocycles. The van der Waals surface area contributed by atoms with Gasteiger partial charge in [0.25, 0.3) is 0 Å². The molecule has 0 radical (unpaired) electrons. The number of methoxy groups -OCH3 is 1. The summed E-state index contributed by atoms with van der Waals surface area (Å²) < 4.78 is 5.25. The van der Waals surface area contributed by atoms with Crippen molar-refractivity contribution in [1.82, 2.24) is 4.98 Å². The maximum absolute atomic E-state index is 6.15. The summed E-state index contributed by atoms with van der Waals surface area (Å²) in [7, 11) is 1.64. The van der Waals surface area contributed by atoms with Gasteiger partial charge in [0.05, 0.1) is 17.6 Å². The zero-order valence-corrected chi connectivity index (χ0v) is 9.27. The number of nitrogens with two attached hydrogens (primary N) is 1. The lowest BCUT2D eigenvalue weighted by Gasteiger charge is -2.03. The fourth-order valence-corrected chi connectivity index (χ4v) is 2.05. The Balaban J connectivity index is 2.67. The Morgan fingerprint density at radius 2 is 2.27 bits per heavy atom. The number of ether oxygens (including phenoxy) is 1. The number of halogens is 1. The minimum Gasteiger partial charge on any atom is -0.495 e. The third-order valence-electron chi connectivity index (χ3n) is 2.46. The smallest absolute Gasteiger partial charge is 0.143 e. The standard InChI is InChI=1S/C11H13ClN2O/c1-15-9-3-2-8(12)10-7(4-5-13)6-14-11(9)10/h2-3,6,14H,4-5,13H2,1H3. The maximum Gasteiger partial charge on any atom is 0.143 e. The van der Waals surface area contributed by atoms with Crippen LogP contribution >= 0.6 is 11.6 Å². The van der Waals surface area contributed by atoms with Crippen molar-refractivity contribution < 1.29 is 4.74 Å². The molecule has 0 saturated heterocycles. The van der Waals surface area contributed by atoms with Gasteiger partial charge in [-0.05, 0) is 30.7 Å². The van der Waals surface area contributed by atoms with E-state index in [0.717, 1.165) is 33.7 Å². The molecule has 80 valence electrons. The third-order valence-corrected chi connectivity index (χ3v) is 2.78. The van der Waals surface area contributed by atoms with Gasteiger partial charge < -0.3 is 15.5 Å². The minimum atomic E-state index is 0.612. The van der Waals surface area contributed by atoms with E-state index in [1.54, 1.807) is 7.11 Å². The van der Waals surface area contributed by atoms with E-state index in [-0.39, 0.29) is 0 Å². The number of hydrogen-bond acceptors (Lipinski definition) is 2. The molecule has 0 aliphatic rings. The molecule has 1 aromatic carbocycles. The van der Waals surface area contributed by atoms with Crippen LogP contribution < -0.4 is 10.5 Å². The van der Waals surface area contributed by atoms with Crippen molar-refractivity contribution in [3.05, 3.63) is 28.9 Å². The molecule has 0 saturated carbocycles. The fourth-order valence-electron chi connectivity index (χ4n) is 1.77. The Hall–Kier alpha value is -1.19. The van der Waals surface area contributed by atoms with E-state index in [4.69, 9.17) is 22.1 Å². The van der Waals surface area contributed by atoms with Gasteiger partial charge >= 0.3 is 0 Å². The zero-order chi connectivity index (χ0) is 10.8. The molecule has 0 bridgehead atoms. The highest BCUT2D eigenvalue weighted by Crippen LogP contribution is 2.33. The van der Waals surface area contributed by atoms with Gasteiger partial charge in [-0.3, -0.25) is 0 Å². The zero-order valence-electron chi connectivity index (χ0n) is 8.51. The second-order valence-corrected chi connectivity index (χ2v) is 3.76. The first-order valence-electron chi connectivity index (χ1n) is 4.80. The molecule has 2 aromatic rings. The SMILES string of the molecule is COc1ccc(Cl)c2c(CCN)c[nH]c12. The van der Waals surface area contributed by atoms with Crippen LogP contribution in [0.5, 0.6) is 5.75 Å². The van der Waals surface area contributed by atoms with Crippen LogP contribution in [-0.4, -0.2) is 18.6 Å². The summed E-state index contributed by atoms with van der Waals surface area (Å²) in [5.74, 6) is 0.803. The second kappa shape index (κ2) is 4.13. The average molecular weight is 225 g/mol. The predicted molar refractivity (Wildman–Crippen MR) is 62.6 cm³/mol. The first-order chi connectivity index (χ1) is 7.27. The van der Waals surface area contributed by atoms with Gasteiger partial charge in [0.15, 0.2) is 0 Å². The average Bonchev–Trinajstić information content (AvgIpc) is 2.64. The molecule has 0 aliphatic carbocycles. The van der Waals surface area contributed by atoms with Crippen molar-refractivity contribution in [2.24, 2.45) is 5.73 Å². The van der Waals surface area contributed by atoms with Crippen molar-refractivity contribution in [2.45, 2.75) is 6.42 Å². The normalized spacial score (nSPS) is 10.9. The lowest BCUT2D eigenvalue weighted by molar-refractivity contribution is 0.419. The van der Waals surface area contributed by atoms with E-state index in [9.17, 15) is 0 Å². The Bertz CT molecular complexity index is 479. The number of benzene rings is 1. The molecule has 15 heavy (non-hydrogen) atoms. The van der Waals surface area contributed by atoms with Crippen molar-refractivity contribution in [3.8, 4) is 5.75 Å². The van der Waals surface area contributed by atoms with Crippen LogP contribution in [0.4, 0.5) is 0 Å². The van der Waals surface area contributed by atoms with E-state index in [0.29, 0.717) is 6.54 Å². The number of hydrogen-bond donors (Lipinski definition) is 2. The van der Waals surface area contributed by atoms with Crippen LogP contribution in [0, 0.1) is 0 Å². The first-order valence-corrected chi connectivity index (χ1v) is 5.18. The van der Waals surface area contributed by atoms with Gasteiger partial charge in [0, 0.05) is 11.6 Å². The summed E-state index contributed by atoms with van der Waals surface area (Å²) in [5, 5.41) is 1.75. The molecule has 0 fully saturated rings. The van der Waals surface area contributed by atoms with Crippen molar-refractivity contribution in [2.75, 3.05) is 13.7 Å². The van der Waals surface area contributed by atoms with Crippen LogP contribution in [0.2, 0.25) is 5.02 Å². The monoisotopic (exact) mass is 224 g/mol. The predicted octanol–water partition coefficient (Wildman–Crippen LogP) is 2.33. The molecule has 3 N–H and O–H groups in total. The van der Waals surface area contributed by atoms with Crippen LogP contribution in [0.1, 0.15) is 5.56 Å². The summed E-state index contributed by atoms with van der Waals surface area (Å²) in [6.07, 6.45) is 2.75. The topological polar surface area (TPSA) is 51.0 Å². The molecule has 3 nitrogen and oxygen atoms in total. The summed E-state index contributed by atoms with van der Waals surface area (Å²) in [4.78, 5) is 3.17. The van der Waals surface area contributed by atoms with Crippen molar-refractivity contribution >= 4 is 22.5 Å². The van der Waals surface area contributed by atoms with Crippen LogP contribution in [0.15, 0.2) is 18.3 Å². The van der Waals surface area contributed by atoms with Gasteiger partial charge in [0.2, 0.25) is 0 Å². The molecule has 4 heteroatoms. The fraction of sp³-hybridized carbons (Fsp3) is 0.273. The molecular formula is C11H13ClN2O. The molecule has 1 aromatic heterocycles. The van der Waals surface area contributed by atoms with Gasteiger partial charge in [0.1, 0.15) is 5.75 Å². The highest BCUT2D eigenvalue weighted by atomic mass is 35.5. The van der Waals surface area contributed by atoms with Crippen LogP contribution in [0.25, 0.3) is 10.9 Å². The third kappa shape index (κ3) is 1.68. The Labute approximate surface area is 93.2 Å². The second-order valence-electron chi connectivity index (χ2n) is 3.35. The van der Waals surface area contributed by atoms with E-state index >= 15 is 0 Å². The lowest BCUT2D eigenvalue weighted by atomic mass is 10.1. The van der Waals surface area contributed by atoms with Gasteiger partial charge in [-0.15, -0.1) is 0 Å². The molecule has 0 unspecified atom stereocenters. The molecule has 0 spiro atoms. The van der Waals surface area contributed by atoms with E-state index < -0.39 is 0 Å². The van der Waals surface area contributed by atoms with Gasteiger partial charge in [-0.1, -0.05) is 11.6 Å². The number of aromatic amines is 1. The number of aromatic nitrogens is 1. The number of nitrogens with one attached hydrogen (secondary N) is 1. The largest absolute Gasteiger partial charge is 0.495 e. The summed E-state index contributed by atoms with van der Waals surface area (Å²) in [6, 6.07) is 3.70. The molecule has 0 atom stereocenters. The number of H-pyrrole nitrogens is 1. The number of fused-ring (bicyclic) bond motifs is 1. The van der Waals surface area contributed by atoms with Crippen LogP contribution in [-0.2, 0) is 6.42 Å². The molecule has 0 amide bonds. The molecular weight excluding hydrogens is 212 g/mol. The Morgan fingerprint density at radius 3 is 2.93 bits per heavy atom. The highest BCUT2D eigenvalue weighted by molar-refractivity contribution is 6.36. The van der Waals surface area contributed by atoms with Crippen molar-refractivity contribution in [1.29, 1.82) is 0 Å². The minimum absolute atomic E-state index is 0.612. The van der Waals surface area contributed by atoms with Gasteiger partial charge in [-0.2, -0.15) is 0 Å². The Kier molecular flexibility index (Phi) is 2.84. The van der Waals surface area contributed by atoms with Gasteiger partial charge in [-0.25, -0.2) is 0 Å². The van der Waals surface area contributed by atoms with Crippen molar-refractivity contribution in [3.63, 3.8) is 0 Å². The van der Waals surface area contributed by atoms with E-state index in [2.05, 4.69) is 4.98 Å². The first kappa shape index (κ1) is 10.3. The summed E-state index contributed by atoms with van der Waals surface area (Å²) in [5.41, 5.74) is 7.62. The quantitative estimate of drug-likeness (QED) is 0.841. The lowest BCUT2D eigenvalue weighted by Crippen LogP contribution is -2.01. The highest BCUT2D eigenvalue weighted by Gasteiger charge is 2.10. The summed E-state index contributed by atoms with van der Waals surface area (Å²) in [6.45, 7) is 0.612. The maximum atomic E-state index is 6.15. The molecule has 1 heterocycles.